The Balaban J connectivity index is 1.55. The van der Waals surface area contributed by atoms with Gasteiger partial charge in [-0.3, -0.25) is 9.79 Å². The zero-order chi connectivity index (χ0) is 13.5. The minimum absolute atomic E-state index is 0.205. The van der Waals surface area contributed by atoms with Crippen LogP contribution in [0, 0.1) is 5.92 Å². The molecule has 2 rings (SSSR count). The second-order valence-corrected chi connectivity index (χ2v) is 5.11. The van der Waals surface area contributed by atoms with Crippen LogP contribution in [-0.2, 0) is 9.53 Å². The van der Waals surface area contributed by atoms with Gasteiger partial charge in [-0.05, 0) is 19.3 Å². The van der Waals surface area contributed by atoms with Crippen LogP contribution in [0.1, 0.15) is 25.7 Å². The maximum absolute atomic E-state index is 11.6. The molecule has 6 nitrogen and oxygen atoms in total. The summed E-state index contributed by atoms with van der Waals surface area (Å²) >= 11 is 0. The average Bonchev–Trinajstić information content (AvgIpc) is 2.37. The molecule has 1 saturated heterocycles. The lowest BCUT2D eigenvalue weighted by Crippen LogP contribution is -2.44. The van der Waals surface area contributed by atoms with E-state index in [1.807, 2.05) is 4.90 Å². The van der Waals surface area contributed by atoms with Crippen LogP contribution in [0.5, 0.6) is 0 Å². The number of hydrogen-bond donors (Lipinski definition) is 2. The Morgan fingerprint density at radius 3 is 2.74 bits per heavy atom. The molecule has 0 aromatic heterocycles. The predicted molar refractivity (Wildman–Crippen MR) is 73.8 cm³/mol. The number of ether oxygens (including phenoxy) is 1. The number of carbonyl (C=O) groups is 1. The fourth-order valence-corrected chi connectivity index (χ4v) is 2.19. The fraction of sp³-hybridized carbons (Fsp3) is 0.846. The van der Waals surface area contributed by atoms with Crippen molar-refractivity contribution in [1.29, 1.82) is 0 Å². The van der Waals surface area contributed by atoms with E-state index in [1.54, 1.807) is 0 Å². The molecule has 19 heavy (non-hydrogen) atoms. The van der Waals surface area contributed by atoms with Gasteiger partial charge in [0.05, 0.1) is 13.2 Å². The van der Waals surface area contributed by atoms with Crippen LogP contribution < -0.4 is 11.1 Å². The molecule has 6 heteroatoms. The number of hydrogen-bond acceptors (Lipinski definition) is 3. The summed E-state index contributed by atoms with van der Waals surface area (Å²) in [5, 5.41) is 2.96. The van der Waals surface area contributed by atoms with E-state index in [0.29, 0.717) is 32.3 Å². The highest BCUT2D eigenvalue weighted by molar-refractivity contribution is 5.79. The third-order valence-electron chi connectivity index (χ3n) is 3.72. The minimum atomic E-state index is 0.205. The van der Waals surface area contributed by atoms with Gasteiger partial charge in [0.15, 0.2) is 5.96 Å². The highest BCUT2D eigenvalue weighted by Crippen LogP contribution is 2.25. The van der Waals surface area contributed by atoms with Gasteiger partial charge in [0.25, 0.3) is 0 Å². The van der Waals surface area contributed by atoms with Crippen molar-refractivity contribution in [2.75, 3.05) is 39.4 Å². The van der Waals surface area contributed by atoms with Gasteiger partial charge in [0, 0.05) is 32.1 Å². The van der Waals surface area contributed by atoms with E-state index in [0.717, 1.165) is 32.4 Å². The first-order chi connectivity index (χ1) is 9.27. The van der Waals surface area contributed by atoms with Crippen LogP contribution in [0.25, 0.3) is 0 Å². The van der Waals surface area contributed by atoms with Crippen LogP contribution in [0.3, 0.4) is 0 Å². The highest BCUT2D eigenvalue weighted by atomic mass is 16.5. The molecule has 1 heterocycles. The number of carbonyl (C=O) groups excluding carboxylic acids is 1. The molecule has 0 unspecified atom stereocenters. The number of rotatable bonds is 5. The summed E-state index contributed by atoms with van der Waals surface area (Å²) in [6.45, 7) is 4.41. The van der Waals surface area contributed by atoms with Crippen LogP contribution >= 0.6 is 0 Å². The van der Waals surface area contributed by atoms with Crippen LogP contribution in [0.4, 0.5) is 0 Å². The SMILES string of the molecule is NC(=NCCCNC(=O)C1CCC1)N1CCOCC1. The number of amides is 1. The largest absolute Gasteiger partial charge is 0.378 e. The third kappa shape index (κ3) is 4.38. The molecule has 1 saturated carbocycles. The predicted octanol–water partition coefficient (Wildman–Crippen LogP) is -0.0603. The smallest absolute Gasteiger partial charge is 0.223 e. The molecule has 0 bridgehead atoms. The van der Waals surface area contributed by atoms with Crippen molar-refractivity contribution in [3.8, 4) is 0 Å². The summed E-state index contributed by atoms with van der Waals surface area (Å²) in [6, 6.07) is 0. The van der Waals surface area contributed by atoms with Crippen molar-refractivity contribution in [1.82, 2.24) is 10.2 Å². The highest BCUT2D eigenvalue weighted by Gasteiger charge is 2.24. The summed E-state index contributed by atoms with van der Waals surface area (Å²) in [5.41, 5.74) is 5.90. The van der Waals surface area contributed by atoms with E-state index >= 15 is 0 Å². The van der Waals surface area contributed by atoms with Crippen molar-refractivity contribution >= 4 is 11.9 Å². The molecule has 0 atom stereocenters. The number of guanidine groups is 1. The molecule has 0 radical (unpaired) electrons. The Morgan fingerprint density at radius 2 is 2.11 bits per heavy atom. The Bertz CT molecular complexity index is 323. The number of nitrogens with zero attached hydrogens (tertiary/aromatic N) is 2. The summed E-state index contributed by atoms with van der Waals surface area (Å²) < 4.78 is 5.26. The van der Waals surface area contributed by atoms with E-state index in [4.69, 9.17) is 10.5 Å². The Kier molecular flexibility index (Phi) is 5.44. The monoisotopic (exact) mass is 268 g/mol. The van der Waals surface area contributed by atoms with Gasteiger partial charge >= 0.3 is 0 Å². The zero-order valence-electron chi connectivity index (χ0n) is 11.4. The molecule has 3 N–H and O–H groups in total. The number of nitrogens with two attached hydrogens (primary N) is 1. The van der Waals surface area contributed by atoms with Crippen molar-refractivity contribution in [2.45, 2.75) is 25.7 Å². The lowest BCUT2D eigenvalue weighted by atomic mass is 9.85. The molecular weight excluding hydrogens is 244 g/mol. The summed E-state index contributed by atoms with van der Waals surface area (Å²) in [4.78, 5) is 18.0. The van der Waals surface area contributed by atoms with Gasteiger partial charge in [-0.15, -0.1) is 0 Å². The van der Waals surface area contributed by atoms with Crippen molar-refractivity contribution in [3.05, 3.63) is 0 Å². The maximum Gasteiger partial charge on any atom is 0.223 e. The third-order valence-corrected chi connectivity index (χ3v) is 3.72. The maximum atomic E-state index is 11.6. The van der Waals surface area contributed by atoms with Gasteiger partial charge in [0.1, 0.15) is 0 Å². The molecule has 0 spiro atoms. The molecule has 2 aliphatic rings. The molecule has 2 fully saturated rings. The lowest BCUT2D eigenvalue weighted by molar-refractivity contribution is -0.127. The minimum Gasteiger partial charge on any atom is -0.378 e. The second kappa shape index (κ2) is 7.33. The first-order valence-corrected chi connectivity index (χ1v) is 7.17. The number of aliphatic imine (C=N–C) groups is 1. The molecule has 1 amide bonds. The van der Waals surface area contributed by atoms with Gasteiger partial charge in [0.2, 0.25) is 5.91 Å². The first kappa shape index (κ1) is 14.1. The second-order valence-electron chi connectivity index (χ2n) is 5.11. The molecule has 0 aromatic rings. The summed E-state index contributed by atoms with van der Waals surface area (Å²) in [5.74, 6) is 1.06. The van der Waals surface area contributed by atoms with Crippen molar-refractivity contribution in [2.24, 2.45) is 16.6 Å². The number of nitrogens with one attached hydrogen (secondary N) is 1. The lowest BCUT2D eigenvalue weighted by Gasteiger charge is -2.27. The van der Waals surface area contributed by atoms with E-state index in [-0.39, 0.29) is 11.8 Å². The van der Waals surface area contributed by atoms with Gasteiger partial charge < -0.3 is 20.7 Å². The van der Waals surface area contributed by atoms with Crippen LogP contribution in [0.2, 0.25) is 0 Å². The van der Waals surface area contributed by atoms with Gasteiger partial charge in [-0.25, -0.2) is 0 Å². The van der Waals surface area contributed by atoms with Crippen LogP contribution in [0.15, 0.2) is 4.99 Å². The quantitative estimate of drug-likeness (QED) is 0.416. The Labute approximate surface area is 114 Å². The molecule has 1 aliphatic heterocycles. The van der Waals surface area contributed by atoms with E-state index in [9.17, 15) is 4.79 Å². The summed E-state index contributed by atoms with van der Waals surface area (Å²) in [7, 11) is 0. The molecular formula is C13H24N4O2. The molecule has 108 valence electrons. The average molecular weight is 268 g/mol. The number of morpholine rings is 1. The van der Waals surface area contributed by atoms with Crippen LogP contribution in [-0.4, -0.2) is 56.2 Å². The molecule has 1 aliphatic carbocycles. The summed E-state index contributed by atoms with van der Waals surface area (Å²) in [6.07, 6.45) is 4.13. The van der Waals surface area contributed by atoms with E-state index in [2.05, 4.69) is 10.3 Å². The zero-order valence-corrected chi connectivity index (χ0v) is 11.4. The van der Waals surface area contributed by atoms with Crippen molar-refractivity contribution in [3.63, 3.8) is 0 Å². The van der Waals surface area contributed by atoms with E-state index < -0.39 is 0 Å². The normalized spacial score (nSPS) is 21.1. The molecule has 0 aromatic carbocycles. The topological polar surface area (TPSA) is 79.9 Å². The Hall–Kier alpha value is -1.30. The van der Waals surface area contributed by atoms with Gasteiger partial charge in [-0.2, -0.15) is 0 Å². The fourth-order valence-electron chi connectivity index (χ4n) is 2.19. The standard InChI is InChI=1S/C13H24N4O2/c14-13(17-7-9-19-10-8-17)16-6-2-5-15-12(18)11-3-1-4-11/h11H,1-10H2,(H2,14,16)(H,15,18). The first-order valence-electron chi connectivity index (χ1n) is 7.17. The van der Waals surface area contributed by atoms with Gasteiger partial charge in [-0.1, -0.05) is 6.42 Å². The van der Waals surface area contributed by atoms with E-state index in [1.165, 1.54) is 6.42 Å². The van der Waals surface area contributed by atoms with Crippen molar-refractivity contribution < 1.29 is 9.53 Å². The Morgan fingerprint density at radius 1 is 1.37 bits per heavy atom.